The summed E-state index contributed by atoms with van der Waals surface area (Å²) in [6, 6.07) is 12.7. The highest BCUT2D eigenvalue weighted by Crippen LogP contribution is 2.41. The molecule has 1 aliphatic rings. The molecule has 1 aliphatic heterocycles. The van der Waals surface area contributed by atoms with E-state index in [9.17, 15) is 14.7 Å². The number of likely N-dealkylation sites (tertiary alicyclic amines) is 1. The number of nitrogens with zero attached hydrogens (tertiary/aromatic N) is 1. The van der Waals surface area contributed by atoms with E-state index in [0.717, 1.165) is 23.3 Å². The van der Waals surface area contributed by atoms with Crippen molar-refractivity contribution in [2.75, 3.05) is 13.2 Å². The number of Topliss-reactive ketones (excluding diaryl/α,β-unsaturated/α-hetero) is 1. The van der Waals surface area contributed by atoms with Crippen LogP contribution in [0.5, 0.6) is 5.75 Å². The second-order valence-electron chi connectivity index (χ2n) is 9.48. The number of benzene rings is 2. The molecule has 1 atom stereocenters. The molecule has 5 nitrogen and oxygen atoms in total. The van der Waals surface area contributed by atoms with Crippen molar-refractivity contribution in [3.05, 3.63) is 70.3 Å². The van der Waals surface area contributed by atoms with E-state index in [1.807, 2.05) is 50.2 Å². The van der Waals surface area contributed by atoms with E-state index in [-0.39, 0.29) is 16.7 Å². The van der Waals surface area contributed by atoms with Gasteiger partial charge in [0.15, 0.2) is 0 Å². The molecule has 0 radical (unpaired) electrons. The Labute approximate surface area is 197 Å². The number of ketones is 1. The van der Waals surface area contributed by atoms with Gasteiger partial charge in [-0.1, -0.05) is 58.9 Å². The van der Waals surface area contributed by atoms with Gasteiger partial charge in [0.2, 0.25) is 0 Å². The molecule has 0 aliphatic carbocycles. The molecule has 3 rings (SSSR count). The van der Waals surface area contributed by atoms with Gasteiger partial charge < -0.3 is 14.7 Å². The quantitative estimate of drug-likeness (QED) is 0.331. The van der Waals surface area contributed by atoms with E-state index in [1.165, 1.54) is 5.56 Å². The van der Waals surface area contributed by atoms with Gasteiger partial charge in [0, 0.05) is 17.7 Å². The maximum Gasteiger partial charge on any atom is 0.295 e. The van der Waals surface area contributed by atoms with Gasteiger partial charge >= 0.3 is 0 Å². The van der Waals surface area contributed by atoms with Crippen LogP contribution in [0.1, 0.15) is 76.3 Å². The van der Waals surface area contributed by atoms with E-state index >= 15 is 0 Å². The summed E-state index contributed by atoms with van der Waals surface area (Å²) in [5, 5.41) is 11.4. The summed E-state index contributed by atoms with van der Waals surface area (Å²) >= 11 is 0. The van der Waals surface area contributed by atoms with Crippen LogP contribution in [0.3, 0.4) is 0 Å². The van der Waals surface area contributed by atoms with Crippen molar-refractivity contribution in [2.24, 2.45) is 0 Å². The Morgan fingerprint density at radius 1 is 1.03 bits per heavy atom. The number of amides is 1. The molecule has 2 aromatic carbocycles. The second-order valence-corrected chi connectivity index (χ2v) is 9.48. The summed E-state index contributed by atoms with van der Waals surface area (Å²) in [5.74, 6) is -0.605. The van der Waals surface area contributed by atoms with Crippen molar-refractivity contribution >= 4 is 17.4 Å². The highest BCUT2D eigenvalue weighted by molar-refractivity contribution is 6.46. The summed E-state index contributed by atoms with van der Waals surface area (Å²) in [5.41, 5.74) is 3.34. The average Bonchev–Trinajstić information content (AvgIpc) is 3.03. The van der Waals surface area contributed by atoms with Crippen LogP contribution in [0.2, 0.25) is 0 Å². The Hall–Kier alpha value is -3.08. The van der Waals surface area contributed by atoms with Gasteiger partial charge in [-0.15, -0.1) is 0 Å². The monoisotopic (exact) mass is 449 g/mol. The van der Waals surface area contributed by atoms with E-state index < -0.39 is 17.7 Å². The van der Waals surface area contributed by atoms with Crippen LogP contribution in [-0.2, 0) is 21.4 Å². The van der Waals surface area contributed by atoms with E-state index in [4.69, 9.17) is 4.74 Å². The molecule has 1 heterocycles. The normalized spacial score (nSPS) is 18.1. The fraction of sp³-hybridized carbons (Fsp3) is 0.429. The van der Waals surface area contributed by atoms with Gasteiger partial charge in [-0.25, -0.2) is 0 Å². The predicted molar refractivity (Wildman–Crippen MR) is 131 cm³/mol. The Morgan fingerprint density at radius 3 is 2.24 bits per heavy atom. The van der Waals surface area contributed by atoms with Crippen molar-refractivity contribution in [1.82, 2.24) is 4.90 Å². The first-order valence-electron chi connectivity index (χ1n) is 11.8. The zero-order chi connectivity index (χ0) is 24.3. The Morgan fingerprint density at radius 2 is 1.70 bits per heavy atom. The maximum atomic E-state index is 13.1. The average molecular weight is 450 g/mol. The molecule has 2 aromatic rings. The third-order valence-electron chi connectivity index (χ3n) is 6.07. The first kappa shape index (κ1) is 24.6. The number of ether oxygens (including phenoxy) is 1. The molecule has 1 fully saturated rings. The van der Waals surface area contributed by atoms with Gasteiger partial charge in [-0.2, -0.15) is 0 Å². The van der Waals surface area contributed by atoms with Crippen LogP contribution in [-0.4, -0.2) is 34.8 Å². The molecule has 176 valence electrons. The highest BCUT2D eigenvalue weighted by atomic mass is 16.5. The van der Waals surface area contributed by atoms with E-state index in [2.05, 4.69) is 27.7 Å². The SMILES string of the molecule is CCCN1C(=O)C(=O)/C(=C(\O)c2ccc(OCC)c(C(C)(C)C)c2)C1c1ccc(CC)cc1. The minimum Gasteiger partial charge on any atom is -0.507 e. The maximum absolute atomic E-state index is 13.1. The molecule has 0 saturated carbocycles. The Bertz CT molecular complexity index is 1060. The van der Waals surface area contributed by atoms with Crippen molar-refractivity contribution in [1.29, 1.82) is 0 Å². The molecular weight excluding hydrogens is 414 g/mol. The number of hydrogen-bond donors (Lipinski definition) is 1. The minimum atomic E-state index is -0.642. The topological polar surface area (TPSA) is 66.8 Å². The minimum absolute atomic E-state index is 0.140. The summed E-state index contributed by atoms with van der Waals surface area (Å²) in [7, 11) is 0. The second kappa shape index (κ2) is 9.82. The van der Waals surface area contributed by atoms with Crippen LogP contribution in [0.4, 0.5) is 0 Å². The third kappa shape index (κ3) is 4.82. The molecule has 0 spiro atoms. The lowest BCUT2D eigenvalue weighted by atomic mass is 9.84. The van der Waals surface area contributed by atoms with E-state index in [0.29, 0.717) is 25.1 Å². The van der Waals surface area contributed by atoms with E-state index in [1.54, 1.807) is 11.0 Å². The number of hydrogen-bond acceptors (Lipinski definition) is 4. The molecule has 0 aromatic heterocycles. The highest BCUT2D eigenvalue weighted by Gasteiger charge is 2.45. The van der Waals surface area contributed by atoms with Crippen LogP contribution in [0.25, 0.3) is 5.76 Å². The Balaban J connectivity index is 2.20. The number of aryl methyl sites for hydroxylation is 1. The zero-order valence-electron chi connectivity index (χ0n) is 20.6. The summed E-state index contributed by atoms with van der Waals surface area (Å²) in [6.07, 6.45) is 1.62. The van der Waals surface area contributed by atoms with Crippen LogP contribution < -0.4 is 4.74 Å². The van der Waals surface area contributed by atoms with Gasteiger partial charge in [0.25, 0.3) is 11.7 Å². The molecule has 0 bridgehead atoms. The molecule has 1 amide bonds. The molecule has 5 heteroatoms. The van der Waals surface area contributed by atoms with Crippen molar-refractivity contribution in [2.45, 2.75) is 65.8 Å². The predicted octanol–water partition coefficient (Wildman–Crippen LogP) is 5.78. The molecule has 33 heavy (non-hydrogen) atoms. The number of carbonyl (C=O) groups is 2. The Kier molecular flexibility index (Phi) is 7.31. The first-order valence-corrected chi connectivity index (χ1v) is 11.8. The van der Waals surface area contributed by atoms with Crippen LogP contribution in [0, 0.1) is 0 Å². The number of carbonyl (C=O) groups excluding carboxylic acids is 2. The van der Waals surface area contributed by atoms with Gasteiger partial charge in [0.05, 0.1) is 18.2 Å². The standard InChI is InChI=1S/C28H35NO4/c1-7-16-29-24(19-12-10-18(8-2)11-13-19)23(26(31)27(29)32)25(30)20-14-15-22(33-9-3)21(17-20)28(4,5)6/h10-15,17,24,30H,7-9,16H2,1-6H3/b25-23-. The summed E-state index contributed by atoms with van der Waals surface area (Å²) in [6.45, 7) is 13.2. The number of aliphatic hydroxyl groups is 1. The van der Waals surface area contributed by atoms with Crippen molar-refractivity contribution in [3.63, 3.8) is 0 Å². The largest absolute Gasteiger partial charge is 0.507 e. The zero-order valence-corrected chi connectivity index (χ0v) is 20.6. The number of rotatable bonds is 7. The summed E-state index contributed by atoms with van der Waals surface area (Å²) in [4.78, 5) is 27.6. The fourth-order valence-corrected chi connectivity index (χ4v) is 4.33. The van der Waals surface area contributed by atoms with Crippen LogP contribution in [0.15, 0.2) is 48.0 Å². The molecular formula is C28H35NO4. The van der Waals surface area contributed by atoms with Gasteiger partial charge in [-0.3, -0.25) is 9.59 Å². The molecule has 1 N–H and O–H groups in total. The summed E-state index contributed by atoms with van der Waals surface area (Å²) < 4.78 is 5.80. The van der Waals surface area contributed by atoms with Crippen molar-refractivity contribution in [3.8, 4) is 5.75 Å². The van der Waals surface area contributed by atoms with Crippen molar-refractivity contribution < 1.29 is 19.4 Å². The first-order chi connectivity index (χ1) is 15.6. The third-order valence-corrected chi connectivity index (χ3v) is 6.07. The lowest BCUT2D eigenvalue weighted by Gasteiger charge is -2.26. The lowest BCUT2D eigenvalue weighted by molar-refractivity contribution is -0.139. The number of aliphatic hydroxyl groups excluding tert-OH is 1. The van der Waals surface area contributed by atoms with Crippen LogP contribution >= 0.6 is 0 Å². The molecule has 1 unspecified atom stereocenters. The lowest BCUT2D eigenvalue weighted by Crippen LogP contribution is -2.30. The van der Waals surface area contributed by atoms with Gasteiger partial charge in [-0.05, 0) is 54.5 Å². The molecule has 1 saturated heterocycles. The van der Waals surface area contributed by atoms with Gasteiger partial charge in [0.1, 0.15) is 11.5 Å². The fourth-order valence-electron chi connectivity index (χ4n) is 4.33. The smallest absolute Gasteiger partial charge is 0.295 e.